The van der Waals surface area contributed by atoms with Gasteiger partial charge in [-0.05, 0) is 23.8 Å². The standard InChI is InChI=1S/C22H19N3O/c1-24(2)22(26)18-12-19(15-23-14-18)25-20-11-7-6-10-17(20)13-21(25)16-8-4-3-5-9-16/h3-15H,1-2H3. The summed E-state index contributed by atoms with van der Waals surface area (Å²) in [5, 5.41) is 1.15. The molecule has 0 radical (unpaired) electrons. The summed E-state index contributed by atoms with van der Waals surface area (Å²) in [5.74, 6) is -0.0583. The molecular formula is C22H19N3O. The third kappa shape index (κ3) is 2.75. The van der Waals surface area contributed by atoms with Crippen LogP contribution in [0.15, 0.2) is 79.1 Å². The van der Waals surface area contributed by atoms with Crippen LogP contribution in [0.4, 0.5) is 0 Å². The van der Waals surface area contributed by atoms with Crippen LogP contribution in [0, 0.1) is 0 Å². The molecule has 0 unspecified atom stereocenters. The number of hydrogen-bond acceptors (Lipinski definition) is 2. The third-order valence-corrected chi connectivity index (χ3v) is 4.42. The largest absolute Gasteiger partial charge is 0.345 e. The molecule has 4 heteroatoms. The van der Waals surface area contributed by atoms with Crippen molar-refractivity contribution in [1.82, 2.24) is 14.5 Å². The van der Waals surface area contributed by atoms with Crippen molar-refractivity contribution < 1.29 is 4.79 Å². The maximum atomic E-state index is 12.4. The Morgan fingerprint density at radius 2 is 1.65 bits per heavy atom. The fraction of sp³-hybridized carbons (Fsp3) is 0.0909. The first-order valence-corrected chi connectivity index (χ1v) is 8.48. The minimum absolute atomic E-state index is 0.0583. The SMILES string of the molecule is CN(C)C(=O)c1cncc(-n2c(-c3ccccc3)cc3ccccc32)c1. The Kier molecular flexibility index (Phi) is 4.01. The van der Waals surface area contributed by atoms with E-state index in [1.54, 1.807) is 31.4 Å². The second-order valence-electron chi connectivity index (χ2n) is 6.42. The van der Waals surface area contributed by atoms with Crippen LogP contribution in [0.25, 0.3) is 27.8 Å². The average molecular weight is 341 g/mol. The molecule has 0 aliphatic carbocycles. The van der Waals surface area contributed by atoms with Crippen molar-refractivity contribution in [2.24, 2.45) is 0 Å². The molecule has 0 bridgehead atoms. The normalized spacial score (nSPS) is 10.8. The highest BCUT2D eigenvalue weighted by molar-refractivity contribution is 5.95. The molecule has 26 heavy (non-hydrogen) atoms. The summed E-state index contributed by atoms with van der Waals surface area (Å²) in [6, 6.07) is 22.6. The predicted octanol–water partition coefficient (Wildman–Crippen LogP) is 4.39. The Labute approximate surface area is 152 Å². The third-order valence-electron chi connectivity index (χ3n) is 4.42. The molecule has 0 fully saturated rings. The van der Waals surface area contributed by atoms with Gasteiger partial charge in [-0.25, -0.2) is 0 Å². The molecule has 4 nitrogen and oxygen atoms in total. The van der Waals surface area contributed by atoms with Crippen molar-refractivity contribution in [2.75, 3.05) is 14.1 Å². The number of nitrogens with zero attached hydrogens (tertiary/aromatic N) is 3. The van der Waals surface area contributed by atoms with Crippen LogP contribution >= 0.6 is 0 Å². The molecule has 0 saturated carbocycles. The second-order valence-corrected chi connectivity index (χ2v) is 6.42. The second kappa shape index (κ2) is 6.48. The molecule has 4 rings (SSSR count). The van der Waals surface area contributed by atoms with Crippen molar-refractivity contribution in [2.45, 2.75) is 0 Å². The number of pyridine rings is 1. The molecule has 128 valence electrons. The molecule has 0 aliphatic heterocycles. The van der Waals surface area contributed by atoms with Crippen LogP contribution in [0.1, 0.15) is 10.4 Å². The van der Waals surface area contributed by atoms with Crippen molar-refractivity contribution >= 4 is 16.8 Å². The van der Waals surface area contributed by atoms with Gasteiger partial charge in [0.25, 0.3) is 5.91 Å². The van der Waals surface area contributed by atoms with Crippen LogP contribution in [0.5, 0.6) is 0 Å². The quantitative estimate of drug-likeness (QED) is 0.554. The molecule has 0 atom stereocenters. The van der Waals surface area contributed by atoms with Gasteiger partial charge in [0.15, 0.2) is 0 Å². The maximum absolute atomic E-state index is 12.4. The zero-order valence-corrected chi connectivity index (χ0v) is 14.8. The molecule has 1 amide bonds. The van der Waals surface area contributed by atoms with Crippen LogP contribution in [0.2, 0.25) is 0 Å². The molecule has 0 N–H and O–H groups in total. The summed E-state index contributed by atoms with van der Waals surface area (Å²) >= 11 is 0. The van der Waals surface area contributed by atoms with Gasteiger partial charge in [-0.1, -0.05) is 48.5 Å². The van der Waals surface area contributed by atoms with E-state index in [2.05, 4.69) is 39.9 Å². The van der Waals surface area contributed by atoms with Crippen molar-refractivity contribution in [3.63, 3.8) is 0 Å². The number of fused-ring (bicyclic) bond motifs is 1. The van der Waals surface area contributed by atoms with Gasteiger partial charge in [0.05, 0.1) is 28.7 Å². The lowest BCUT2D eigenvalue weighted by atomic mass is 10.1. The number of rotatable bonds is 3. The summed E-state index contributed by atoms with van der Waals surface area (Å²) in [5.41, 5.74) is 4.72. The first kappa shape index (κ1) is 16.1. The van der Waals surface area contributed by atoms with Crippen molar-refractivity contribution in [3.05, 3.63) is 84.7 Å². The van der Waals surface area contributed by atoms with E-state index in [4.69, 9.17) is 0 Å². The zero-order valence-electron chi connectivity index (χ0n) is 14.8. The van der Waals surface area contributed by atoms with E-state index < -0.39 is 0 Å². The van der Waals surface area contributed by atoms with Crippen LogP contribution < -0.4 is 0 Å². The minimum Gasteiger partial charge on any atom is -0.345 e. The number of hydrogen-bond donors (Lipinski definition) is 0. The van der Waals surface area contributed by atoms with Gasteiger partial charge < -0.3 is 9.47 Å². The number of benzene rings is 2. The average Bonchev–Trinajstić information content (AvgIpc) is 3.07. The van der Waals surface area contributed by atoms with Gasteiger partial charge in [0.1, 0.15) is 0 Å². The summed E-state index contributed by atoms with van der Waals surface area (Å²) in [7, 11) is 3.49. The highest BCUT2D eigenvalue weighted by Gasteiger charge is 2.15. The summed E-state index contributed by atoms with van der Waals surface area (Å²) in [4.78, 5) is 18.2. The van der Waals surface area contributed by atoms with Crippen molar-refractivity contribution in [1.29, 1.82) is 0 Å². The van der Waals surface area contributed by atoms with Crippen LogP contribution in [0.3, 0.4) is 0 Å². The first-order valence-electron chi connectivity index (χ1n) is 8.48. The lowest BCUT2D eigenvalue weighted by molar-refractivity contribution is 0.0827. The monoisotopic (exact) mass is 341 g/mol. The molecule has 4 aromatic rings. The van der Waals surface area contributed by atoms with Crippen LogP contribution in [-0.2, 0) is 0 Å². The fourth-order valence-electron chi connectivity index (χ4n) is 3.18. The van der Waals surface area contributed by atoms with Gasteiger partial charge in [-0.2, -0.15) is 0 Å². The first-order chi connectivity index (χ1) is 12.6. The van der Waals surface area contributed by atoms with E-state index in [1.165, 1.54) is 0 Å². The van der Waals surface area contributed by atoms with E-state index in [0.29, 0.717) is 5.56 Å². The topological polar surface area (TPSA) is 38.1 Å². The smallest absolute Gasteiger partial charge is 0.254 e. The molecular weight excluding hydrogens is 322 g/mol. The Bertz CT molecular complexity index is 1080. The Morgan fingerprint density at radius 1 is 0.923 bits per heavy atom. The Balaban J connectivity index is 1.97. The molecule has 0 aliphatic rings. The van der Waals surface area contributed by atoms with Gasteiger partial charge in [0, 0.05) is 25.7 Å². The molecule has 2 aromatic heterocycles. The van der Waals surface area contributed by atoms with Gasteiger partial charge in [0.2, 0.25) is 0 Å². The maximum Gasteiger partial charge on any atom is 0.254 e. The lowest BCUT2D eigenvalue weighted by Gasteiger charge is -2.14. The predicted molar refractivity (Wildman–Crippen MR) is 105 cm³/mol. The van der Waals surface area contributed by atoms with Crippen molar-refractivity contribution in [3.8, 4) is 16.9 Å². The van der Waals surface area contributed by atoms with E-state index in [9.17, 15) is 4.79 Å². The van der Waals surface area contributed by atoms with Gasteiger partial charge >= 0.3 is 0 Å². The number of carbonyl (C=O) groups excluding carboxylic acids is 1. The summed E-state index contributed by atoms with van der Waals surface area (Å²) < 4.78 is 2.16. The molecule has 2 heterocycles. The van der Waals surface area contributed by atoms with E-state index >= 15 is 0 Å². The zero-order chi connectivity index (χ0) is 18.1. The summed E-state index contributed by atoms with van der Waals surface area (Å²) in [6.45, 7) is 0. The van der Waals surface area contributed by atoms with Gasteiger partial charge in [-0.3, -0.25) is 9.78 Å². The molecule has 2 aromatic carbocycles. The summed E-state index contributed by atoms with van der Waals surface area (Å²) in [6.07, 6.45) is 3.41. The molecule has 0 saturated heterocycles. The van der Waals surface area contributed by atoms with E-state index in [0.717, 1.165) is 27.8 Å². The van der Waals surface area contributed by atoms with E-state index in [-0.39, 0.29) is 5.91 Å². The number of aromatic nitrogens is 2. The Hall–Kier alpha value is -3.40. The number of carbonyl (C=O) groups is 1. The van der Waals surface area contributed by atoms with E-state index in [1.807, 2.05) is 36.4 Å². The minimum atomic E-state index is -0.0583. The van der Waals surface area contributed by atoms with Gasteiger partial charge in [-0.15, -0.1) is 0 Å². The van der Waals surface area contributed by atoms with Crippen LogP contribution in [-0.4, -0.2) is 34.5 Å². The highest BCUT2D eigenvalue weighted by Crippen LogP contribution is 2.31. The lowest BCUT2D eigenvalue weighted by Crippen LogP contribution is -2.22. The molecule has 0 spiro atoms. The fourth-order valence-corrected chi connectivity index (χ4v) is 3.18. The number of para-hydroxylation sites is 1. The number of amides is 1. The Morgan fingerprint density at radius 3 is 2.42 bits per heavy atom. The highest BCUT2D eigenvalue weighted by atomic mass is 16.2.